The average molecular weight is 225 g/mol. The molecule has 0 bridgehead atoms. The van der Waals surface area contributed by atoms with E-state index in [4.69, 9.17) is 10.2 Å². The quantitative estimate of drug-likeness (QED) is 0.852. The van der Waals surface area contributed by atoms with Gasteiger partial charge in [0.1, 0.15) is 5.82 Å². The molecule has 0 saturated carbocycles. The summed E-state index contributed by atoms with van der Waals surface area (Å²) in [6, 6.07) is 1.84. The van der Waals surface area contributed by atoms with Crippen LogP contribution in [0.5, 0.6) is 0 Å². The second-order valence-corrected chi connectivity index (χ2v) is 3.39. The van der Waals surface area contributed by atoms with Crippen LogP contribution < -0.4 is 5.73 Å². The second kappa shape index (κ2) is 3.59. The Morgan fingerprint density at radius 2 is 2.12 bits per heavy atom. The first kappa shape index (κ1) is 10.6. The van der Waals surface area contributed by atoms with Crippen LogP contribution in [-0.4, -0.2) is 5.91 Å². The fourth-order valence-electron chi connectivity index (χ4n) is 1.72. The highest BCUT2D eigenvalue weighted by atomic mass is 19.1. The Balaban J connectivity index is 2.87. The highest BCUT2D eigenvalue weighted by Gasteiger charge is 2.20. The Kier molecular flexibility index (Phi) is 2.38. The van der Waals surface area contributed by atoms with Crippen LogP contribution in [0.15, 0.2) is 16.5 Å². The smallest absolute Gasteiger partial charge is 0.284 e. The molecule has 0 radical (unpaired) electrons. The number of furan rings is 1. The highest BCUT2D eigenvalue weighted by Crippen LogP contribution is 2.29. The largest absolute Gasteiger partial charge is 0.448 e. The highest BCUT2D eigenvalue weighted by molar-refractivity contribution is 5.98. The van der Waals surface area contributed by atoms with Crippen molar-refractivity contribution in [3.05, 3.63) is 35.1 Å². The summed E-state index contributed by atoms with van der Waals surface area (Å²) in [4.78, 5) is 11.1. The molecular formula is C11H9F2NO2. The van der Waals surface area contributed by atoms with Crippen LogP contribution in [-0.2, 0) is 6.42 Å². The van der Waals surface area contributed by atoms with E-state index < -0.39 is 17.5 Å². The van der Waals surface area contributed by atoms with Gasteiger partial charge in [-0.2, -0.15) is 0 Å². The van der Waals surface area contributed by atoms with Crippen LogP contribution in [0.2, 0.25) is 0 Å². The molecule has 0 aliphatic heterocycles. The molecule has 0 unspecified atom stereocenters. The van der Waals surface area contributed by atoms with Gasteiger partial charge in [-0.05, 0) is 12.5 Å². The standard InChI is InChI=1S/C11H9F2NO2/c1-2-6-7-3-5(12)4-8(13)9(7)16-10(6)11(14)15/h3-4H,2H2,1H3,(H2,14,15). The Bertz CT molecular complexity index is 575. The van der Waals surface area contributed by atoms with Crippen LogP contribution in [0.3, 0.4) is 0 Å². The number of benzene rings is 1. The van der Waals surface area contributed by atoms with Crippen LogP contribution in [0.1, 0.15) is 23.0 Å². The van der Waals surface area contributed by atoms with Crippen LogP contribution >= 0.6 is 0 Å². The maximum Gasteiger partial charge on any atom is 0.284 e. The summed E-state index contributed by atoms with van der Waals surface area (Å²) in [5, 5.41) is 0.258. The number of fused-ring (bicyclic) bond motifs is 1. The maximum absolute atomic E-state index is 13.4. The molecule has 0 fully saturated rings. The summed E-state index contributed by atoms with van der Waals surface area (Å²) in [5.74, 6) is -2.44. The minimum atomic E-state index is -0.836. The van der Waals surface area contributed by atoms with Crippen LogP contribution in [0.4, 0.5) is 8.78 Å². The van der Waals surface area contributed by atoms with E-state index >= 15 is 0 Å². The summed E-state index contributed by atoms with van der Waals surface area (Å²) in [7, 11) is 0. The third kappa shape index (κ3) is 1.44. The number of carbonyl (C=O) groups excluding carboxylic acids is 1. The van der Waals surface area contributed by atoms with Crippen molar-refractivity contribution in [2.75, 3.05) is 0 Å². The summed E-state index contributed by atoms with van der Waals surface area (Å²) in [5.41, 5.74) is 5.39. The summed E-state index contributed by atoms with van der Waals surface area (Å²) < 4.78 is 31.4. The molecule has 1 amide bonds. The number of hydrogen-bond donors (Lipinski definition) is 1. The lowest BCUT2D eigenvalue weighted by Crippen LogP contribution is -2.11. The Morgan fingerprint density at radius 3 is 2.69 bits per heavy atom. The van der Waals surface area contributed by atoms with Crippen molar-refractivity contribution in [2.24, 2.45) is 5.73 Å². The minimum Gasteiger partial charge on any atom is -0.448 e. The van der Waals surface area contributed by atoms with Gasteiger partial charge in [-0.3, -0.25) is 4.79 Å². The van der Waals surface area contributed by atoms with E-state index in [0.29, 0.717) is 18.1 Å². The van der Waals surface area contributed by atoms with Gasteiger partial charge in [0.2, 0.25) is 0 Å². The fraction of sp³-hybridized carbons (Fsp3) is 0.182. The molecule has 3 nitrogen and oxygen atoms in total. The van der Waals surface area contributed by atoms with E-state index in [1.165, 1.54) is 0 Å². The van der Waals surface area contributed by atoms with Crippen molar-refractivity contribution < 1.29 is 18.0 Å². The van der Waals surface area contributed by atoms with E-state index in [1.54, 1.807) is 6.92 Å². The maximum atomic E-state index is 13.4. The zero-order chi connectivity index (χ0) is 11.9. The molecule has 0 atom stereocenters. The summed E-state index contributed by atoms with van der Waals surface area (Å²) in [6.45, 7) is 1.75. The molecule has 1 aromatic heterocycles. The molecular weight excluding hydrogens is 216 g/mol. The van der Waals surface area contributed by atoms with Gasteiger partial charge < -0.3 is 10.2 Å². The first-order valence-electron chi connectivity index (χ1n) is 4.74. The Morgan fingerprint density at radius 1 is 1.44 bits per heavy atom. The van der Waals surface area contributed by atoms with Gasteiger partial charge in [-0.25, -0.2) is 8.78 Å². The number of primary amides is 1. The van der Waals surface area contributed by atoms with Crippen LogP contribution in [0.25, 0.3) is 11.0 Å². The molecule has 1 heterocycles. The number of carbonyl (C=O) groups is 1. The number of rotatable bonds is 2. The number of halogens is 2. The predicted molar refractivity (Wildman–Crippen MR) is 54.0 cm³/mol. The number of aryl methyl sites for hydroxylation is 1. The van der Waals surface area contributed by atoms with Crippen LogP contribution in [0, 0.1) is 11.6 Å². The van der Waals surface area contributed by atoms with Gasteiger partial charge in [-0.1, -0.05) is 6.92 Å². The average Bonchev–Trinajstić information content (AvgIpc) is 2.56. The SMILES string of the molecule is CCc1c(C(N)=O)oc2c(F)cc(F)cc12. The Hall–Kier alpha value is -1.91. The van der Waals surface area contributed by atoms with Gasteiger partial charge >= 0.3 is 0 Å². The monoisotopic (exact) mass is 225 g/mol. The molecule has 2 N–H and O–H groups in total. The Labute approximate surface area is 89.8 Å². The van der Waals surface area contributed by atoms with Crippen molar-refractivity contribution >= 4 is 16.9 Å². The van der Waals surface area contributed by atoms with Crippen molar-refractivity contribution in [1.82, 2.24) is 0 Å². The van der Waals surface area contributed by atoms with Gasteiger partial charge in [0, 0.05) is 17.0 Å². The van der Waals surface area contributed by atoms with E-state index in [-0.39, 0.29) is 16.7 Å². The van der Waals surface area contributed by atoms with Crippen molar-refractivity contribution in [3.63, 3.8) is 0 Å². The van der Waals surface area contributed by atoms with E-state index in [0.717, 1.165) is 6.07 Å². The molecule has 0 saturated heterocycles. The van der Waals surface area contributed by atoms with Gasteiger partial charge in [-0.15, -0.1) is 0 Å². The van der Waals surface area contributed by atoms with Gasteiger partial charge in [0.15, 0.2) is 17.2 Å². The third-order valence-corrected chi connectivity index (χ3v) is 2.39. The van der Waals surface area contributed by atoms with Crippen molar-refractivity contribution in [3.8, 4) is 0 Å². The summed E-state index contributed by atoms with van der Waals surface area (Å²) in [6.07, 6.45) is 0.411. The normalized spacial score (nSPS) is 10.9. The fourth-order valence-corrected chi connectivity index (χ4v) is 1.72. The van der Waals surface area contributed by atoms with Crippen molar-refractivity contribution in [2.45, 2.75) is 13.3 Å². The first-order valence-corrected chi connectivity index (χ1v) is 4.74. The summed E-state index contributed by atoms with van der Waals surface area (Å²) >= 11 is 0. The number of nitrogens with two attached hydrogens (primary N) is 1. The number of hydrogen-bond acceptors (Lipinski definition) is 2. The van der Waals surface area contributed by atoms with E-state index in [2.05, 4.69) is 0 Å². The van der Waals surface area contributed by atoms with Gasteiger partial charge in [0.25, 0.3) is 5.91 Å². The molecule has 2 aromatic rings. The molecule has 16 heavy (non-hydrogen) atoms. The molecule has 2 rings (SSSR count). The predicted octanol–water partition coefficient (Wildman–Crippen LogP) is 2.37. The lowest BCUT2D eigenvalue weighted by molar-refractivity contribution is 0.0974. The second-order valence-electron chi connectivity index (χ2n) is 3.39. The van der Waals surface area contributed by atoms with E-state index in [1.807, 2.05) is 0 Å². The zero-order valence-corrected chi connectivity index (χ0v) is 8.51. The molecule has 0 aliphatic carbocycles. The zero-order valence-electron chi connectivity index (χ0n) is 8.51. The van der Waals surface area contributed by atoms with E-state index in [9.17, 15) is 13.6 Å². The first-order chi connectivity index (χ1) is 7.54. The number of amides is 1. The topological polar surface area (TPSA) is 56.2 Å². The lowest BCUT2D eigenvalue weighted by atomic mass is 10.1. The molecule has 0 aliphatic rings. The minimum absolute atomic E-state index is 0.109. The third-order valence-electron chi connectivity index (χ3n) is 2.39. The molecule has 0 spiro atoms. The molecule has 5 heteroatoms. The molecule has 84 valence electrons. The lowest BCUT2D eigenvalue weighted by Gasteiger charge is -1.95. The van der Waals surface area contributed by atoms with Gasteiger partial charge in [0.05, 0.1) is 0 Å². The van der Waals surface area contributed by atoms with Crippen molar-refractivity contribution in [1.29, 1.82) is 0 Å². The molecule has 1 aromatic carbocycles.